The first-order chi connectivity index (χ1) is 20.8. The molecule has 10 nitrogen and oxygen atoms in total. The normalized spacial score (nSPS) is 16.3. The molecule has 1 saturated heterocycles. The van der Waals surface area contributed by atoms with E-state index in [-0.39, 0.29) is 22.3 Å². The number of aromatic nitrogens is 4. The molecule has 5 aromatic rings. The van der Waals surface area contributed by atoms with Gasteiger partial charge in [-0.2, -0.15) is 0 Å². The van der Waals surface area contributed by atoms with Gasteiger partial charge in [-0.05, 0) is 54.4 Å². The first kappa shape index (κ1) is 28.4. The molecule has 0 saturated carbocycles. The molecule has 1 N–H and O–H groups in total. The Labute approximate surface area is 253 Å². The third-order valence-electron chi connectivity index (χ3n) is 6.97. The molecular formula is C30H24FN5O5S2. The molecular weight excluding hydrogens is 593 g/mol. The molecule has 6 rings (SSSR count). The summed E-state index contributed by atoms with van der Waals surface area (Å²) in [7, 11) is 2.99. The van der Waals surface area contributed by atoms with Crippen LogP contribution in [0.4, 0.5) is 9.52 Å². The fraction of sp³-hybridized carbons (Fsp3) is 0.167. The minimum Gasteiger partial charge on any atom is -0.505 e. The van der Waals surface area contributed by atoms with Gasteiger partial charge in [0.05, 0.1) is 31.5 Å². The van der Waals surface area contributed by atoms with Crippen molar-refractivity contribution in [3.8, 4) is 11.5 Å². The number of carbonyl (C=O) groups excluding carboxylic acids is 2. The monoisotopic (exact) mass is 617 g/mol. The average molecular weight is 618 g/mol. The maximum absolute atomic E-state index is 13.7. The third kappa shape index (κ3) is 5.10. The highest BCUT2D eigenvalue weighted by atomic mass is 32.2. The number of aliphatic hydroxyl groups is 1. The van der Waals surface area contributed by atoms with Gasteiger partial charge in [-0.1, -0.05) is 47.4 Å². The zero-order valence-corrected chi connectivity index (χ0v) is 24.8. The number of aliphatic hydroxyl groups excluding tert-OH is 1. The highest BCUT2D eigenvalue weighted by molar-refractivity contribution is 8.00. The molecule has 0 bridgehead atoms. The lowest BCUT2D eigenvalue weighted by Gasteiger charge is -2.23. The van der Waals surface area contributed by atoms with Crippen molar-refractivity contribution in [3.05, 3.63) is 101 Å². The number of aryl methyl sites for hydroxylation is 1. The maximum atomic E-state index is 13.7. The molecule has 1 amide bonds. The number of nitrogens with zero attached hydrogens (tertiary/aromatic N) is 5. The molecule has 4 heterocycles. The number of carbonyl (C=O) groups is 2. The lowest BCUT2D eigenvalue weighted by atomic mass is 9.96. The number of pyridine rings is 1. The Morgan fingerprint density at radius 1 is 1.05 bits per heavy atom. The van der Waals surface area contributed by atoms with Gasteiger partial charge in [-0.3, -0.25) is 18.9 Å². The molecule has 13 heteroatoms. The van der Waals surface area contributed by atoms with Crippen molar-refractivity contribution >= 4 is 51.3 Å². The van der Waals surface area contributed by atoms with Crippen molar-refractivity contribution in [2.24, 2.45) is 0 Å². The molecule has 3 aromatic heterocycles. The summed E-state index contributed by atoms with van der Waals surface area (Å²) in [5, 5.41) is 20.4. The number of hydrogen-bond donors (Lipinski definition) is 1. The first-order valence-electron chi connectivity index (χ1n) is 13.0. The van der Waals surface area contributed by atoms with Crippen LogP contribution in [0.3, 0.4) is 0 Å². The fourth-order valence-corrected chi connectivity index (χ4v) is 6.80. The highest BCUT2D eigenvalue weighted by Gasteiger charge is 2.49. The van der Waals surface area contributed by atoms with Crippen molar-refractivity contribution in [1.82, 2.24) is 19.6 Å². The minimum absolute atomic E-state index is 0.123. The number of Topliss-reactive ketones (excluding diaryl/α,β-unsaturated/α-hetero) is 1. The van der Waals surface area contributed by atoms with Gasteiger partial charge in [-0.25, -0.2) is 9.37 Å². The average Bonchev–Trinajstić information content (AvgIpc) is 3.69. The van der Waals surface area contributed by atoms with Crippen molar-refractivity contribution in [1.29, 1.82) is 0 Å². The summed E-state index contributed by atoms with van der Waals surface area (Å²) in [5.41, 5.74) is 2.60. The van der Waals surface area contributed by atoms with Crippen molar-refractivity contribution in [2.75, 3.05) is 19.1 Å². The number of imidazole rings is 1. The SMILES string of the molecule is COc1ccc(C2/C(=C(\O)c3c(C)nc4ccccn34)C(=O)C(=O)N2c2nnc(SCc3ccc(F)cc3)s2)cc1OC. The van der Waals surface area contributed by atoms with Gasteiger partial charge >= 0.3 is 5.91 Å². The molecule has 43 heavy (non-hydrogen) atoms. The topological polar surface area (TPSA) is 119 Å². The predicted molar refractivity (Wildman–Crippen MR) is 160 cm³/mol. The van der Waals surface area contributed by atoms with Gasteiger partial charge in [0, 0.05) is 11.9 Å². The second-order valence-electron chi connectivity index (χ2n) is 9.52. The molecule has 1 aliphatic heterocycles. The van der Waals surface area contributed by atoms with Crippen LogP contribution in [0, 0.1) is 12.7 Å². The van der Waals surface area contributed by atoms with Crippen LogP contribution in [-0.2, 0) is 15.3 Å². The van der Waals surface area contributed by atoms with Crippen LogP contribution >= 0.6 is 23.1 Å². The van der Waals surface area contributed by atoms with Gasteiger partial charge in [-0.15, -0.1) is 10.2 Å². The van der Waals surface area contributed by atoms with E-state index in [0.29, 0.717) is 44.2 Å². The van der Waals surface area contributed by atoms with Gasteiger partial charge < -0.3 is 14.6 Å². The van der Waals surface area contributed by atoms with Crippen LogP contribution in [-0.4, -0.2) is 50.6 Å². The van der Waals surface area contributed by atoms with Crippen molar-refractivity contribution in [3.63, 3.8) is 0 Å². The summed E-state index contributed by atoms with van der Waals surface area (Å²) in [5.74, 6) is -1.10. The van der Waals surface area contributed by atoms with E-state index in [9.17, 15) is 19.1 Å². The second-order valence-corrected chi connectivity index (χ2v) is 11.7. The third-order valence-corrected chi connectivity index (χ3v) is 9.10. The van der Waals surface area contributed by atoms with Gasteiger partial charge in [0.25, 0.3) is 5.78 Å². The number of fused-ring (bicyclic) bond motifs is 1. The van der Waals surface area contributed by atoms with E-state index in [4.69, 9.17) is 9.47 Å². The van der Waals surface area contributed by atoms with Crippen LogP contribution < -0.4 is 14.4 Å². The molecule has 1 aliphatic rings. The van der Waals surface area contributed by atoms with Crippen LogP contribution in [0.1, 0.15) is 28.6 Å². The van der Waals surface area contributed by atoms with E-state index in [0.717, 1.165) is 16.9 Å². The molecule has 218 valence electrons. The zero-order chi connectivity index (χ0) is 30.2. The largest absolute Gasteiger partial charge is 0.505 e. The maximum Gasteiger partial charge on any atom is 0.301 e. The van der Waals surface area contributed by atoms with Crippen molar-refractivity contribution < 1.29 is 28.6 Å². The molecule has 0 spiro atoms. The quantitative estimate of drug-likeness (QED) is 0.0784. The number of anilines is 1. The highest BCUT2D eigenvalue weighted by Crippen LogP contribution is 2.46. The number of rotatable bonds is 8. The number of amides is 1. The Kier molecular flexibility index (Phi) is 7.59. The van der Waals surface area contributed by atoms with Crippen LogP contribution in [0.5, 0.6) is 11.5 Å². The summed E-state index contributed by atoms with van der Waals surface area (Å²) in [6.07, 6.45) is 1.72. The van der Waals surface area contributed by atoms with Crippen LogP contribution in [0.15, 0.2) is 76.8 Å². The summed E-state index contributed by atoms with van der Waals surface area (Å²) in [4.78, 5) is 33.1. The number of thioether (sulfide) groups is 1. The van der Waals surface area contributed by atoms with E-state index >= 15 is 0 Å². The molecule has 0 aliphatic carbocycles. The summed E-state index contributed by atoms with van der Waals surface area (Å²) in [6.45, 7) is 1.72. The Hall–Kier alpha value is -4.75. The summed E-state index contributed by atoms with van der Waals surface area (Å²) >= 11 is 2.50. The Morgan fingerprint density at radius 3 is 2.56 bits per heavy atom. The van der Waals surface area contributed by atoms with Crippen LogP contribution in [0.2, 0.25) is 0 Å². The number of halogens is 1. The van der Waals surface area contributed by atoms with Gasteiger partial charge in [0.2, 0.25) is 5.13 Å². The number of ether oxygens (including phenoxy) is 2. The fourth-order valence-electron chi connectivity index (χ4n) is 4.98. The molecule has 0 radical (unpaired) electrons. The second kappa shape index (κ2) is 11.5. The van der Waals surface area contributed by atoms with Crippen molar-refractivity contribution in [2.45, 2.75) is 23.1 Å². The Morgan fingerprint density at radius 2 is 1.81 bits per heavy atom. The summed E-state index contributed by atoms with van der Waals surface area (Å²) < 4.78 is 26.4. The van der Waals surface area contributed by atoms with E-state index in [2.05, 4.69) is 15.2 Å². The smallest absolute Gasteiger partial charge is 0.301 e. The lowest BCUT2D eigenvalue weighted by Crippen LogP contribution is -2.29. The van der Waals surface area contributed by atoms with E-state index in [1.807, 2.05) is 6.07 Å². The predicted octanol–water partition coefficient (Wildman–Crippen LogP) is 5.57. The van der Waals surface area contributed by atoms with Gasteiger partial charge in [0.15, 0.2) is 21.6 Å². The summed E-state index contributed by atoms with van der Waals surface area (Å²) in [6, 6.07) is 15.5. The first-order valence-corrected chi connectivity index (χ1v) is 14.8. The van der Waals surface area contributed by atoms with E-state index in [1.54, 1.807) is 60.0 Å². The van der Waals surface area contributed by atoms with E-state index in [1.165, 1.54) is 43.0 Å². The molecule has 1 atom stereocenters. The molecule has 1 fully saturated rings. The standard InChI is InChI=1S/C30H24FN5O5S2/c1-16-24(35-13-5-4-6-22(35)32-16)26(37)23-25(18-9-12-20(40-2)21(14-18)41-3)36(28(39)27(23)38)29-33-34-30(43-29)42-15-17-7-10-19(31)11-8-17/h4-14,25,37H,15H2,1-3H3/b26-23+. The molecule has 2 aromatic carbocycles. The molecule has 1 unspecified atom stereocenters. The van der Waals surface area contributed by atoms with E-state index < -0.39 is 17.7 Å². The Balaban J connectivity index is 1.46. The number of benzene rings is 2. The number of methoxy groups -OCH3 is 2. The Bertz CT molecular complexity index is 1900. The number of hydrogen-bond acceptors (Lipinski definition) is 10. The number of ketones is 1. The lowest BCUT2D eigenvalue weighted by molar-refractivity contribution is -0.132. The minimum atomic E-state index is -1.06. The zero-order valence-electron chi connectivity index (χ0n) is 23.1. The van der Waals surface area contributed by atoms with Crippen LogP contribution in [0.25, 0.3) is 11.4 Å². The van der Waals surface area contributed by atoms with Gasteiger partial charge in [0.1, 0.15) is 17.2 Å².